The van der Waals surface area contributed by atoms with Gasteiger partial charge in [-0.15, -0.1) is 0 Å². The van der Waals surface area contributed by atoms with Gasteiger partial charge in [0.2, 0.25) is 5.91 Å². The van der Waals surface area contributed by atoms with Gasteiger partial charge in [0, 0.05) is 19.5 Å². The topological polar surface area (TPSA) is 75.3 Å². The van der Waals surface area contributed by atoms with Crippen LogP contribution in [-0.2, 0) is 4.79 Å². The first-order valence-corrected chi connectivity index (χ1v) is 7.30. The molecule has 0 rings (SSSR count). The highest BCUT2D eigenvalue weighted by Crippen LogP contribution is 2.06. The van der Waals surface area contributed by atoms with Crippen molar-refractivity contribution in [3.05, 3.63) is 0 Å². The minimum absolute atomic E-state index is 0.0184. The lowest BCUT2D eigenvalue weighted by atomic mass is 10.4. The quantitative estimate of drug-likeness (QED) is 0.519. The van der Waals surface area contributed by atoms with E-state index in [-0.39, 0.29) is 5.91 Å². The van der Waals surface area contributed by atoms with Gasteiger partial charge in [0.25, 0.3) is 0 Å². The van der Waals surface area contributed by atoms with Crippen LogP contribution in [0.3, 0.4) is 0 Å². The molecule has 0 saturated carbocycles. The molecule has 0 aliphatic carbocycles. The minimum Gasteiger partial charge on any atom is -0.432 e. The molecule has 12 heavy (non-hydrogen) atoms. The van der Waals surface area contributed by atoms with E-state index in [1.54, 1.807) is 0 Å². The molecule has 0 unspecified atom stereocenters. The number of amides is 1. The van der Waals surface area contributed by atoms with Crippen molar-refractivity contribution in [2.45, 2.75) is 25.6 Å². The number of nitrogens with one attached hydrogen (secondary N) is 1. The van der Waals surface area contributed by atoms with Gasteiger partial charge in [0.1, 0.15) is 0 Å². The zero-order valence-corrected chi connectivity index (χ0v) is 8.76. The Bertz CT molecular complexity index is 145. The van der Waals surface area contributed by atoms with Gasteiger partial charge in [0.05, 0.1) is 0 Å². The van der Waals surface area contributed by atoms with E-state index < -0.39 is 8.32 Å². The molecule has 0 radical (unpaired) electrons. The molecule has 1 amide bonds. The second kappa shape index (κ2) is 5.29. The van der Waals surface area contributed by atoms with Crippen molar-refractivity contribution in [3.63, 3.8) is 0 Å². The van der Waals surface area contributed by atoms with E-state index in [1.165, 1.54) is 0 Å². The summed E-state index contributed by atoms with van der Waals surface area (Å²) in [6.07, 6.45) is 0.412. The lowest BCUT2D eigenvalue weighted by Crippen LogP contribution is -2.32. The highest BCUT2D eigenvalue weighted by molar-refractivity contribution is 6.69. The molecule has 0 aromatic heterocycles. The van der Waals surface area contributed by atoms with Crippen LogP contribution >= 0.6 is 0 Å². The monoisotopic (exact) mass is 190 g/mol. The molecular formula is C7H18N2O2Si. The summed E-state index contributed by atoms with van der Waals surface area (Å²) in [6.45, 7) is 4.63. The third-order valence-electron chi connectivity index (χ3n) is 1.43. The Kier molecular flexibility index (Phi) is 5.11. The number of nitrogens with two attached hydrogens (primary N) is 1. The summed E-state index contributed by atoms with van der Waals surface area (Å²) in [7, 11) is -2.05. The number of hydrogen-bond donors (Lipinski definition) is 3. The number of carbonyl (C=O) groups excluding carboxylic acids is 1. The Morgan fingerprint density at radius 2 is 2.17 bits per heavy atom. The van der Waals surface area contributed by atoms with E-state index in [4.69, 9.17) is 5.73 Å². The summed E-state index contributed by atoms with van der Waals surface area (Å²) in [5.74, 6) is -0.0184. The molecular weight excluding hydrogens is 172 g/mol. The average molecular weight is 190 g/mol. The molecule has 0 aromatic rings. The van der Waals surface area contributed by atoms with Crippen LogP contribution in [0.15, 0.2) is 0 Å². The van der Waals surface area contributed by atoms with Crippen molar-refractivity contribution in [3.8, 4) is 0 Å². The van der Waals surface area contributed by atoms with Crippen LogP contribution in [0.5, 0.6) is 0 Å². The third-order valence-corrected chi connectivity index (χ3v) is 2.90. The second-order valence-electron chi connectivity index (χ2n) is 3.45. The van der Waals surface area contributed by atoms with Crippen LogP contribution in [0.25, 0.3) is 0 Å². The maximum atomic E-state index is 11.0. The third kappa shape index (κ3) is 7.71. The van der Waals surface area contributed by atoms with Gasteiger partial charge in [-0.1, -0.05) is 0 Å². The lowest BCUT2D eigenvalue weighted by Gasteiger charge is -2.12. The second-order valence-corrected chi connectivity index (χ2v) is 7.58. The van der Waals surface area contributed by atoms with E-state index in [2.05, 4.69) is 5.32 Å². The van der Waals surface area contributed by atoms with Crippen LogP contribution in [-0.4, -0.2) is 32.1 Å². The fourth-order valence-electron chi connectivity index (χ4n) is 0.719. The van der Waals surface area contributed by atoms with Crippen molar-refractivity contribution in [2.24, 2.45) is 5.73 Å². The molecule has 0 fully saturated rings. The molecule has 0 aliphatic rings. The summed E-state index contributed by atoms with van der Waals surface area (Å²) in [5.41, 5.74) is 5.20. The van der Waals surface area contributed by atoms with E-state index in [9.17, 15) is 9.59 Å². The smallest absolute Gasteiger partial charge is 0.219 e. The highest BCUT2D eigenvalue weighted by Gasteiger charge is 2.17. The normalized spacial score (nSPS) is 11.3. The van der Waals surface area contributed by atoms with E-state index >= 15 is 0 Å². The minimum atomic E-state index is -2.05. The predicted octanol–water partition coefficient (Wildman–Crippen LogP) is -0.351. The average Bonchev–Trinajstić information content (AvgIpc) is 1.95. The Hall–Kier alpha value is -0.393. The Morgan fingerprint density at radius 1 is 1.58 bits per heavy atom. The van der Waals surface area contributed by atoms with Gasteiger partial charge in [-0.25, -0.2) is 0 Å². The Morgan fingerprint density at radius 3 is 2.58 bits per heavy atom. The first kappa shape index (κ1) is 11.6. The van der Waals surface area contributed by atoms with Gasteiger partial charge in [-0.2, -0.15) is 0 Å². The zero-order chi connectivity index (χ0) is 9.61. The summed E-state index contributed by atoms with van der Waals surface area (Å²) >= 11 is 0. The molecule has 0 spiro atoms. The summed E-state index contributed by atoms with van der Waals surface area (Å²) in [6, 6.07) is 0.614. The van der Waals surface area contributed by atoms with Crippen LogP contribution in [0.2, 0.25) is 19.1 Å². The van der Waals surface area contributed by atoms with Crippen molar-refractivity contribution >= 4 is 14.2 Å². The SMILES string of the molecule is C[Si](C)(O)CCC(=O)NCCN. The van der Waals surface area contributed by atoms with Crippen LogP contribution < -0.4 is 11.1 Å². The lowest BCUT2D eigenvalue weighted by molar-refractivity contribution is -0.120. The Balaban J connectivity index is 3.44. The standard InChI is InChI=1S/C7H18N2O2Si/c1-12(2,11)6-3-7(10)9-5-4-8/h11H,3-6,8H2,1-2H3,(H,9,10). The molecule has 0 saturated heterocycles. The first-order chi connectivity index (χ1) is 5.45. The Labute approximate surface area is 74.3 Å². The molecule has 0 atom stereocenters. The molecule has 72 valence electrons. The van der Waals surface area contributed by atoms with E-state index in [0.29, 0.717) is 25.6 Å². The zero-order valence-electron chi connectivity index (χ0n) is 7.76. The molecule has 0 heterocycles. The molecule has 0 bridgehead atoms. The van der Waals surface area contributed by atoms with E-state index in [0.717, 1.165) is 0 Å². The van der Waals surface area contributed by atoms with Gasteiger partial charge < -0.3 is 15.8 Å². The van der Waals surface area contributed by atoms with Crippen molar-refractivity contribution in [1.82, 2.24) is 5.32 Å². The molecule has 0 aliphatic heterocycles. The largest absolute Gasteiger partial charge is 0.432 e. The number of hydrogen-bond acceptors (Lipinski definition) is 3. The van der Waals surface area contributed by atoms with Gasteiger partial charge >= 0.3 is 0 Å². The van der Waals surface area contributed by atoms with Crippen molar-refractivity contribution in [1.29, 1.82) is 0 Å². The summed E-state index contributed by atoms with van der Waals surface area (Å²) < 4.78 is 0. The number of carbonyl (C=O) groups is 1. The molecule has 4 N–H and O–H groups in total. The highest BCUT2D eigenvalue weighted by atomic mass is 28.4. The molecule has 4 nitrogen and oxygen atoms in total. The number of rotatable bonds is 5. The fourth-order valence-corrected chi connectivity index (χ4v) is 1.56. The van der Waals surface area contributed by atoms with Crippen molar-refractivity contribution < 1.29 is 9.59 Å². The van der Waals surface area contributed by atoms with Crippen LogP contribution in [0.1, 0.15) is 6.42 Å². The van der Waals surface area contributed by atoms with Gasteiger partial charge in [0.15, 0.2) is 8.32 Å². The van der Waals surface area contributed by atoms with Crippen LogP contribution in [0.4, 0.5) is 0 Å². The molecule has 0 aromatic carbocycles. The van der Waals surface area contributed by atoms with Crippen molar-refractivity contribution in [2.75, 3.05) is 13.1 Å². The fraction of sp³-hybridized carbons (Fsp3) is 0.857. The van der Waals surface area contributed by atoms with Gasteiger partial charge in [-0.05, 0) is 19.1 Å². The van der Waals surface area contributed by atoms with Crippen LogP contribution in [0, 0.1) is 0 Å². The van der Waals surface area contributed by atoms with E-state index in [1.807, 2.05) is 13.1 Å². The predicted molar refractivity (Wildman–Crippen MR) is 51.2 cm³/mol. The maximum absolute atomic E-state index is 11.0. The summed E-state index contributed by atoms with van der Waals surface area (Å²) in [4.78, 5) is 20.4. The first-order valence-electron chi connectivity index (χ1n) is 4.15. The maximum Gasteiger partial charge on any atom is 0.219 e. The van der Waals surface area contributed by atoms with Gasteiger partial charge in [-0.3, -0.25) is 4.79 Å². The summed E-state index contributed by atoms with van der Waals surface area (Å²) in [5, 5.41) is 2.65. The molecule has 5 heteroatoms.